The molecule has 0 aromatic heterocycles. The number of ether oxygens (including phenoxy) is 3. The van der Waals surface area contributed by atoms with Gasteiger partial charge in [-0.3, -0.25) is 0 Å². The molecule has 0 radical (unpaired) electrons. The van der Waals surface area contributed by atoms with Crippen LogP contribution in [0, 0.1) is 0 Å². The van der Waals surface area contributed by atoms with E-state index in [0.717, 1.165) is 5.75 Å². The first-order valence-corrected chi connectivity index (χ1v) is 5.15. The maximum atomic E-state index is 10.9. The Morgan fingerprint density at radius 1 is 1.12 bits per heavy atom. The minimum absolute atomic E-state index is 0.138. The first-order valence-electron chi connectivity index (χ1n) is 5.15. The smallest absolute Gasteiger partial charge is 0.407 e. The molecule has 0 bridgehead atoms. The number of para-hydroxylation sites is 2. The zero-order chi connectivity index (χ0) is 11.0. The standard InChI is InChI=1S/C11H11NO4/c13-11-12-7(5-15-11)10-6-14-8-3-1-2-4-9(8)16-10/h1-4,7,10H,5-6H2,(H,12,13). The van der Waals surface area contributed by atoms with Gasteiger partial charge in [-0.15, -0.1) is 0 Å². The number of cyclic esters (lactones) is 1. The first-order chi connectivity index (χ1) is 7.83. The number of rotatable bonds is 1. The minimum Gasteiger partial charge on any atom is -0.486 e. The van der Waals surface area contributed by atoms with Crippen molar-refractivity contribution in [3.8, 4) is 11.5 Å². The first kappa shape index (κ1) is 9.33. The summed E-state index contributed by atoms with van der Waals surface area (Å²) in [6.45, 7) is 0.750. The summed E-state index contributed by atoms with van der Waals surface area (Å²) in [5.74, 6) is 1.45. The lowest BCUT2D eigenvalue weighted by atomic mass is 10.1. The molecule has 0 spiro atoms. The third kappa shape index (κ3) is 1.54. The Morgan fingerprint density at radius 3 is 2.69 bits per heavy atom. The molecular formula is C11H11NO4. The summed E-state index contributed by atoms with van der Waals surface area (Å²) in [5.41, 5.74) is 0. The van der Waals surface area contributed by atoms with E-state index in [4.69, 9.17) is 14.2 Å². The van der Waals surface area contributed by atoms with Gasteiger partial charge in [0.2, 0.25) is 0 Å². The lowest BCUT2D eigenvalue weighted by Gasteiger charge is -2.28. The summed E-state index contributed by atoms with van der Waals surface area (Å²) in [6, 6.07) is 7.34. The average Bonchev–Trinajstić information content (AvgIpc) is 2.75. The van der Waals surface area contributed by atoms with Crippen LogP contribution < -0.4 is 14.8 Å². The molecule has 1 aromatic rings. The Bertz CT molecular complexity index is 420. The Labute approximate surface area is 92.3 Å². The van der Waals surface area contributed by atoms with Crippen LogP contribution >= 0.6 is 0 Å². The number of carbonyl (C=O) groups excluding carboxylic acids is 1. The molecule has 2 aliphatic rings. The fourth-order valence-corrected chi connectivity index (χ4v) is 1.83. The van der Waals surface area contributed by atoms with Crippen LogP contribution in [0.15, 0.2) is 24.3 Å². The van der Waals surface area contributed by atoms with Crippen molar-refractivity contribution in [2.45, 2.75) is 12.1 Å². The van der Waals surface area contributed by atoms with Gasteiger partial charge < -0.3 is 19.5 Å². The van der Waals surface area contributed by atoms with Crippen LogP contribution in [0.5, 0.6) is 11.5 Å². The molecule has 2 aliphatic heterocycles. The summed E-state index contributed by atoms with van der Waals surface area (Å²) in [5, 5.41) is 2.69. The van der Waals surface area contributed by atoms with Gasteiger partial charge in [-0.25, -0.2) is 4.79 Å². The van der Waals surface area contributed by atoms with E-state index < -0.39 is 6.09 Å². The quantitative estimate of drug-likeness (QED) is 0.766. The highest BCUT2D eigenvalue weighted by Crippen LogP contribution is 2.31. The number of hydrogen-bond donors (Lipinski definition) is 1. The van der Waals surface area contributed by atoms with E-state index in [9.17, 15) is 4.79 Å². The minimum atomic E-state index is -0.396. The Morgan fingerprint density at radius 2 is 1.94 bits per heavy atom. The molecule has 2 unspecified atom stereocenters. The van der Waals surface area contributed by atoms with Gasteiger partial charge in [-0.05, 0) is 12.1 Å². The predicted molar refractivity (Wildman–Crippen MR) is 54.6 cm³/mol. The van der Waals surface area contributed by atoms with Gasteiger partial charge >= 0.3 is 6.09 Å². The molecule has 1 N–H and O–H groups in total. The molecule has 1 amide bonds. The van der Waals surface area contributed by atoms with Crippen LogP contribution in [0.25, 0.3) is 0 Å². The number of amides is 1. The van der Waals surface area contributed by atoms with Crippen molar-refractivity contribution >= 4 is 6.09 Å². The zero-order valence-electron chi connectivity index (χ0n) is 8.51. The van der Waals surface area contributed by atoms with E-state index in [1.165, 1.54) is 0 Å². The normalized spacial score (nSPS) is 27.1. The fraction of sp³-hybridized carbons (Fsp3) is 0.364. The highest BCUT2D eigenvalue weighted by atomic mass is 16.6. The monoisotopic (exact) mass is 221 g/mol. The summed E-state index contributed by atoms with van der Waals surface area (Å²) in [4.78, 5) is 10.9. The Kier molecular flexibility index (Phi) is 2.09. The summed E-state index contributed by atoms with van der Waals surface area (Å²) >= 11 is 0. The summed E-state index contributed by atoms with van der Waals surface area (Å²) in [7, 11) is 0. The van der Waals surface area contributed by atoms with Crippen molar-refractivity contribution < 1.29 is 19.0 Å². The molecule has 5 nitrogen and oxygen atoms in total. The third-order valence-electron chi connectivity index (χ3n) is 2.68. The van der Waals surface area contributed by atoms with Crippen LogP contribution in [0.1, 0.15) is 0 Å². The van der Waals surface area contributed by atoms with Crippen LogP contribution in [0.4, 0.5) is 4.79 Å². The molecule has 16 heavy (non-hydrogen) atoms. The summed E-state index contributed by atoms with van der Waals surface area (Å²) in [6.07, 6.45) is -0.589. The van der Waals surface area contributed by atoms with E-state index in [1.807, 2.05) is 24.3 Å². The molecule has 2 atom stereocenters. The van der Waals surface area contributed by atoms with E-state index in [-0.39, 0.29) is 12.1 Å². The fourth-order valence-electron chi connectivity index (χ4n) is 1.83. The van der Waals surface area contributed by atoms with Crippen LogP contribution in [0.3, 0.4) is 0 Å². The van der Waals surface area contributed by atoms with Crippen molar-refractivity contribution in [2.75, 3.05) is 13.2 Å². The van der Waals surface area contributed by atoms with E-state index in [1.54, 1.807) is 0 Å². The van der Waals surface area contributed by atoms with Crippen molar-refractivity contribution in [1.29, 1.82) is 0 Å². The Hall–Kier alpha value is -1.91. The molecule has 0 aliphatic carbocycles. The lowest BCUT2D eigenvalue weighted by Crippen LogP contribution is -2.46. The maximum Gasteiger partial charge on any atom is 0.407 e. The van der Waals surface area contributed by atoms with Crippen LogP contribution in [0.2, 0.25) is 0 Å². The number of nitrogens with one attached hydrogen (secondary N) is 1. The molecule has 1 aromatic carbocycles. The van der Waals surface area contributed by atoms with Crippen molar-refractivity contribution in [3.05, 3.63) is 24.3 Å². The molecule has 1 saturated heterocycles. The number of hydrogen-bond acceptors (Lipinski definition) is 4. The molecule has 3 rings (SSSR count). The van der Waals surface area contributed by atoms with E-state index in [2.05, 4.69) is 5.32 Å². The molecule has 0 saturated carbocycles. The van der Waals surface area contributed by atoms with Crippen LogP contribution in [-0.4, -0.2) is 31.5 Å². The van der Waals surface area contributed by atoms with Gasteiger partial charge in [0.15, 0.2) is 17.6 Å². The second-order valence-electron chi connectivity index (χ2n) is 3.76. The average molecular weight is 221 g/mol. The lowest BCUT2D eigenvalue weighted by molar-refractivity contribution is 0.0632. The van der Waals surface area contributed by atoms with E-state index >= 15 is 0 Å². The van der Waals surface area contributed by atoms with Crippen molar-refractivity contribution in [1.82, 2.24) is 5.32 Å². The number of carbonyl (C=O) groups is 1. The predicted octanol–water partition coefficient (Wildman–Crippen LogP) is 0.935. The zero-order valence-corrected chi connectivity index (χ0v) is 8.51. The number of alkyl carbamates (subject to hydrolysis) is 1. The molecular weight excluding hydrogens is 210 g/mol. The van der Waals surface area contributed by atoms with Crippen molar-refractivity contribution in [2.24, 2.45) is 0 Å². The van der Waals surface area contributed by atoms with Gasteiger partial charge in [0.25, 0.3) is 0 Å². The molecule has 2 heterocycles. The highest BCUT2D eigenvalue weighted by Gasteiger charge is 2.34. The van der Waals surface area contributed by atoms with Crippen LogP contribution in [-0.2, 0) is 4.74 Å². The second kappa shape index (κ2) is 3.59. The Balaban J connectivity index is 1.75. The largest absolute Gasteiger partial charge is 0.486 e. The number of fused-ring (bicyclic) bond motifs is 1. The number of benzene rings is 1. The summed E-state index contributed by atoms with van der Waals surface area (Å²) < 4.78 is 16.1. The van der Waals surface area contributed by atoms with Gasteiger partial charge in [-0.2, -0.15) is 0 Å². The maximum absolute atomic E-state index is 10.9. The molecule has 5 heteroatoms. The van der Waals surface area contributed by atoms with Gasteiger partial charge in [0.05, 0.1) is 0 Å². The van der Waals surface area contributed by atoms with Gasteiger partial charge in [-0.1, -0.05) is 12.1 Å². The van der Waals surface area contributed by atoms with Crippen molar-refractivity contribution in [3.63, 3.8) is 0 Å². The third-order valence-corrected chi connectivity index (χ3v) is 2.68. The van der Waals surface area contributed by atoms with E-state index in [0.29, 0.717) is 19.0 Å². The second-order valence-corrected chi connectivity index (χ2v) is 3.76. The van der Waals surface area contributed by atoms with Gasteiger partial charge in [0, 0.05) is 0 Å². The highest BCUT2D eigenvalue weighted by molar-refractivity contribution is 5.69. The van der Waals surface area contributed by atoms with Gasteiger partial charge in [0.1, 0.15) is 19.3 Å². The molecule has 1 fully saturated rings. The molecule has 84 valence electrons. The topological polar surface area (TPSA) is 56.8 Å². The SMILES string of the molecule is O=C1NC(C2COc3ccccc3O2)CO1.